The summed E-state index contributed by atoms with van der Waals surface area (Å²) in [6.45, 7) is 2.25. The van der Waals surface area contributed by atoms with Gasteiger partial charge in [-0.1, -0.05) is 6.92 Å². The van der Waals surface area contributed by atoms with E-state index in [0.717, 1.165) is 0 Å². The third-order valence-electron chi connectivity index (χ3n) is 1.56. The maximum absolute atomic E-state index is 9.37. The van der Waals surface area contributed by atoms with E-state index in [1.54, 1.807) is 6.92 Å². The van der Waals surface area contributed by atoms with Crippen LogP contribution in [0.15, 0.2) is 24.3 Å². The van der Waals surface area contributed by atoms with Gasteiger partial charge in [0.05, 0.1) is 0 Å². The Labute approximate surface area is 94.0 Å². The van der Waals surface area contributed by atoms with Crippen LogP contribution >= 0.6 is 0 Å². The van der Waals surface area contributed by atoms with Crippen LogP contribution in [0.3, 0.4) is 0 Å². The van der Waals surface area contributed by atoms with Gasteiger partial charge in [0.25, 0.3) is 0 Å². The predicted molar refractivity (Wildman–Crippen MR) is 51.9 cm³/mol. The Morgan fingerprint density at radius 3 is 2.14 bits per heavy atom. The van der Waals surface area contributed by atoms with Crippen molar-refractivity contribution in [3.05, 3.63) is 29.8 Å². The molecule has 0 aliphatic heterocycles. The Hall–Kier alpha value is -0.727. The number of rotatable bonds is 2. The first-order valence-corrected chi connectivity index (χ1v) is 5.91. The molecule has 0 fully saturated rings. The summed E-state index contributed by atoms with van der Waals surface area (Å²) in [5.74, 6) is -0.745. The average molecular weight is 246 g/mol. The van der Waals surface area contributed by atoms with Crippen LogP contribution in [0.4, 0.5) is 0 Å². The number of hydrogen-bond acceptors (Lipinski definition) is 2. The molecule has 1 rings (SSSR count). The number of benzene rings is 1. The molecule has 0 aliphatic carbocycles. The third-order valence-corrected chi connectivity index (χ3v) is 2.55. The fourth-order valence-corrected chi connectivity index (χ4v) is 1.17. The van der Waals surface area contributed by atoms with Gasteiger partial charge >= 0.3 is 70.5 Å². The van der Waals surface area contributed by atoms with Gasteiger partial charge in [0.1, 0.15) is 0 Å². The van der Waals surface area contributed by atoms with Crippen LogP contribution in [0, 0.1) is 0 Å². The van der Waals surface area contributed by atoms with Crippen molar-refractivity contribution in [2.75, 3.05) is 0 Å². The van der Waals surface area contributed by atoms with Gasteiger partial charge in [-0.3, -0.25) is 4.79 Å². The summed E-state index contributed by atoms with van der Waals surface area (Å²) in [5.41, 5.74) is 6.63. The fourth-order valence-electron chi connectivity index (χ4n) is 0.675. The number of hydrogen-bond donors (Lipinski definition) is 2. The summed E-state index contributed by atoms with van der Waals surface area (Å²) >= 11 is 1.23. The molecule has 4 heteroatoms. The Morgan fingerprint density at radius 1 is 1.43 bits per heavy atom. The Balaban J connectivity index is 0.000000292. The van der Waals surface area contributed by atoms with Gasteiger partial charge in [-0.05, 0) is 0 Å². The van der Waals surface area contributed by atoms with Gasteiger partial charge in [0, 0.05) is 6.42 Å². The third kappa shape index (κ3) is 6.75. The van der Waals surface area contributed by atoms with Crippen molar-refractivity contribution in [1.82, 2.24) is 0 Å². The second-order valence-electron chi connectivity index (χ2n) is 2.77. The van der Waals surface area contributed by atoms with Crippen LogP contribution in [0.2, 0.25) is 0 Å². The molecular weight excluding hydrogens is 232 g/mol. The molecule has 73 valence electrons. The molecule has 0 heterocycles. The van der Waals surface area contributed by atoms with Crippen molar-refractivity contribution < 1.29 is 28.2 Å². The van der Waals surface area contributed by atoms with Crippen LogP contribution in [0.25, 0.3) is 0 Å². The van der Waals surface area contributed by atoms with Gasteiger partial charge in [0.15, 0.2) is 0 Å². The van der Waals surface area contributed by atoms with Gasteiger partial charge in [0.2, 0.25) is 0 Å². The van der Waals surface area contributed by atoms with Gasteiger partial charge in [-0.2, -0.15) is 0 Å². The van der Waals surface area contributed by atoms with E-state index in [2.05, 4.69) is 24.3 Å². The predicted octanol–water partition coefficient (Wildman–Crippen LogP) is 0.798. The fraction of sp³-hybridized carbons (Fsp3) is 0.300. The number of aliphatic carboxylic acids is 1. The quantitative estimate of drug-likeness (QED) is 0.758. The van der Waals surface area contributed by atoms with Crippen molar-refractivity contribution in [3.63, 3.8) is 0 Å². The molecule has 0 aliphatic rings. The van der Waals surface area contributed by atoms with E-state index < -0.39 is 5.97 Å². The SMILES string of the molecule is CCC(=O)O.NCc1cc[c]([Zn])cc1. The molecular formula is C10H14NO2Zn. The first-order chi connectivity index (χ1) is 6.60. The number of carbonyl (C=O) groups is 1. The summed E-state index contributed by atoms with van der Waals surface area (Å²) in [6.07, 6.45) is 0.222. The molecule has 0 atom stereocenters. The number of nitrogens with two attached hydrogens (primary N) is 1. The molecule has 0 amide bonds. The summed E-state index contributed by atoms with van der Waals surface area (Å²) in [4.78, 5) is 9.37. The van der Waals surface area contributed by atoms with Crippen molar-refractivity contribution in [3.8, 4) is 0 Å². The molecule has 0 unspecified atom stereocenters. The molecule has 0 saturated carbocycles. The van der Waals surface area contributed by atoms with Gasteiger partial charge in [-0.15, -0.1) is 0 Å². The molecule has 0 spiro atoms. The van der Waals surface area contributed by atoms with Gasteiger partial charge in [-0.25, -0.2) is 0 Å². The van der Waals surface area contributed by atoms with E-state index in [1.165, 1.54) is 28.0 Å². The molecule has 3 N–H and O–H groups in total. The van der Waals surface area contributed by atoms with Crippen LogP contribution in [0.1, 0.15) is 18.9 Å². The monoisotopic (exact) mass is 244 g/mol. The molecule has 0 saturated heterocycles. The summed E-state index contributed by atoms with van der Waals surface area (Å²) in [6, 6.07) is 8.42. The minimum atomic E-state index is -0.745. The zero-order chi connectivity index (χ0) is 11.0. The average Bonchev–Trinajstić information content (AvgIpc) is 2.20. The zero-order valence-corrected chi connectivity index (χ0v) is 11.3. The summed E-state index contributed by atoms with van der Waals surface area (Å²) in [5, 5.41) is 7.72. The van der Waals surface area contributed by atoms with E-state index in [1.807, 2.05) is 0 Å². The molecule has 14 heavy (non-hydrogen) atoms. The Kier molecular flexibility index (Phi) is 7.26. The van der Waals surface area contributed by atoms with Crippen LogP contribution in [-0.4, -0.2) is 11.1 Å². The van der Waals surface area contributed by atoms with Crippen LogP contribution < -0.4 is 9.89 Å². The molecule has 0 radical (unpaired) electrons. The minimum absolute atomic E-state index is 0.222. The summed E-state index contributed by atoms with van der Waals surface area (Å²) in [7, 11) is 0. The van der Waals surface area contributed by atoms with Crippen molar-refractivity contribution >= 4 is 10.1 Å². The van der Waals surface area contributed by atoms with Crippen molar-refractivity contribution in [2.45, 2.75) is 19.9 Å². The van der Waals surface area contributed by atoms with E-state index in [4.69, 9.17) is 10.8 Å². The van der Waals surface area contributed by atoms with Crippen molar-refractivity contribution in [2.24, 2.45) is 5.73 Å². The number of carboxylic acid groups (broad SMARTS) is 1. The normalized spacial score (nSPS) is 8.86. The first kappa shape index (κ1) is 13.3. The van der Waals surface area contributed by atoms with E-state index >= 15 is 0 Å². The van der Waals surface area contributed by atoms with Crippen molar-refractivity contribution in [1.29, 1.82) is 0 Å². The van der Waals surface area contributed by atoms with Gasteiger partial charge < -0.3 is 5.11 Å². The zero-order valence-electron chi connectivity index (χ0n) is 8.36. The molecule has 1 aromatic rings. The Morgan fingerprint density at radius 2 is 1.86 bits per heavy atom. The topological polar surface area (TPSA) is 63.3 Å². The number of carboxylic acids is 1. The second-order valence-corrected chi connectivity index (χ2v) is 4.48. The second kappa shape index (κ2) is 7.66. The molecule has 1 aromatic carbocycles. The molecule has 0 bridgehead atoms. The standard InChI is InChI=1S/C7H8N.C3H6O2.Zn/c8-6-7-4-2-1-3-5-7;1-2-3(4)5;/h2-5H,6,8H2;2H2,1H3,(H,4,5);. The molecule has 3 nitrogen and oxygen atoms in total. The summed E-state index contributed by atoms with van der Waals surface area (Å²) < 4.78 is 1.41. The van der Waals surface area contributed by atoms with Crippen LogP contribution in [-0.2, 0) is 29.6 Å². The van der Waals surface area contributed by atoms with E-state index in [9.17, 15) is 4.79 Å². The van der Waals surface area contributed by atoms with Crippen LogP contribution in [0.5, 0.6) is 0 Å². The van der Waals surface area contributed by atoms with E-state index in [0.29, 0.717) is 6.54 Å². The molecule has 0 aromatic heterocycles. The Bertz CT molecular complexity index is 272. The van der Waals surface area contributed by atoms with E-state index in [-0.39, 0.29) is 6.42 Å². The maximum atomic E-state index is 9.37. The first-order valence-electron chi connectivity index (χ1n) is 4.43.